The fourth-order valence-electron chi connectivity index (χ4n) is 4.02. The smallest absolute Gasteiger partial charge is 0.315 e. The van der Waals surface area contributed by atoms with Crippen LogP contribution in [0.2, 0.25) is 5.02 Å². The molecule has 5 nitrogen and oxygen atoms in total. The van der Waals surface area contributed by atoms with E-state index >= 15 is 0 Å². The number of nitrogens with zero attached hydrogens (tertiary/aromatic N) is 1. The lowest BCUT2D eigenvalue weighted by Crippen LogP contribution is -2.30. The van der Waals surface area contributed by atoms with E-state index in [9.17, 15) is 14.4 Å². The molecule has 6 heteroatoms. The summed E-state index contributed by atoms with van der Waals surface area (Å²) in [6, 6.07) is 13.5. The lowest BCUT2D eigenvalue weighted by atomic mass is 9.81. The van der Waals surface area contributed by atoms with Gasteiger partial charge in [0.2, 0.25) is 11.8 Å². The molecule has 2 atom stereocenters. The molecule has 2 amide bonds. The van der Waals surface area contributed by atoms with Gasteiger partial charge in [-0.25, -0.2) is 0 Å². The van der Waals surface area contributed by atoms with Gasteiger partial charge in [-0.05, 0) is 54.8 Å². The Balaban J connectivity index is 1.42. The number of rotatable bonds is 4. The zero-order chi connectivity index (χ0) is 19.7. The van der Waals surface area contributed by atoms with Crippen LogP contribution < -0.4 is 9.64 Å². The Kier molecular flexibility index (Phi) is 5.18. The summed E-state index contributed by atoms with van der Waals surface area (Å²) >= 11 is 5.84. The van der Waals surface area contributed by atoms with Crippen LogP contribution in [0.25, 0.3) is 0 Å². The molecular formula is C22H20ClNO4. The first-order valence-electron chi connectivity index (χ1n) is 9.46. The van der Waals surface area contributed by atoms with Crippen molar-refractivity contribution >= 4 is 35.1 Å². The minimum absolute atomic E-state index is 0.109. The summed E-state index contributed by atoms with van der Waals surface area (Å²) in [5.41, 5.74) is 1.34. The molecule has 2 aromatic carbocycles. The molecule has 0 unspecified atom stereocenters. The van der Waals surface area contributed by atoms with E-state index < -0.39 is 5.97 Å². The molecule has 0 radical (unpaired) electrons. The highest BCUT2D eigenvalue weighted by Gasteiger charge is 2.48. The first-order chi connectivity index (χ1) is 13.5. The summed E-state index contributed by atoms with van der Waals surface area (Å²) in [4.78, 5) is 38.7. The van der Waals surface area contributed by atoms with Gasteiger partial charge in [-0.2, -0.15) is 0 Å². The minimum Gasteiger partial charge on any atom is -0.426 e. The van der Waals surface area contributed by atoms with Crippen molar-refractivity contribution < 1.29 is 19.1 Å². The van der Waals surface area contributed by atoms with Crippen LogP contribution in [0.4, 0.5) is 5.69 Å². The van der Waals surface area contributed by atoms with Gasteiger partial charge in [-0.1, -0.05) is 36.6 Å². The molecular weight excluding hydrogens is 378 g/mol. The molecule has 1 saturated carbocycles. The summed E-state index contributed by atoms with van der Waals surface area (Å²) < 4.78 is 5.35. The fourth-order valence-corrected chi connectivity index (χ4v) is 4.14. The second-order valence-electron chi connectivity index (χ2n) is 7.28. The highest BCUT2D eigenvalue weighted by molar-refractivity contribution is 6.30. The normalized spacial score (nSPS) is 21.5. The SMILES string of the molecule is O=C(Cc1ccc(Cl)cc1)Oc1ccc(N2C(=O)[C@H]3CCCC[C@H]3C2=O)cc1. The number of hydrogen-bond acceptors (Lipinski definition) is 4. The Morgan fingerprint density at radius 1 is 0.929 bits per heavy atom. The van der Waals surface area contributed by atoms with E-state index in [1.54, 1.807) is 48.5 Å². The number of imide groups is 1. The maximum atomic E-state index is 12.7. The van der Waals surface area contributed by atoms with Gasteiger partial charge in [0.1, 0.15) is 5.75 Å². The number of benzene rings is 2. The van der Waals surface area contributed by atoms with Crippen molar-refractivity contribution in [3.63, 3.8) is 0 Å². The number of amides is 2. The second kappa shape index (κ2) is 7.76. The third kappa shape index (κ3) is 3.67. The number of carbonyl (C=O) groups excluding carboxylic acids is 3. The highest BCUT2D eigenvalue weighted by atomic mass is 35.5. The lowest BCUT2D eigenvalue weighted by molar-refractivity contribution is -0.133. The summed E-state index contributed by atoms with van der Waals surface area (Å²) in [6.07, 6.45) is 3.69. The van der Waals surface area contributed by atoms with E-state index in [0.717, 1.165) is 31.2 Å². The molecule has 0 aromatic heterocycles. The molecule has 0 spiro atoms. The van der Waals surface area contributed by atoms with Crippen molar-refractivity contribution in [3.8, 4) is 5.75 Å². The van der Waals surface area contributed by atoms with Crippen LogP contribution in [0.1, 0.15) is 31.2 Å². The standard InChI is InChI=1S/C22H20ClNO4/c23-15-7-5-14(6-8-15)13-20(25)28-17-11-9-16(10-12-17)24-21(26)18-3-1-2-4-19(18)22(24)27/h5-12,18-19H,1-4,13H2/t18-,19+. The van der Waals surface area contributed by atoms with Gasteiger partial charge < -0.3 is 4.74 Å². The van der Waals surface area contributed by atoms with Gasteiger partial charge in [0.25, 0.3) is 0 Å². The Bertz CT molecular complexity index is 883. The number of anilines is 1. The van der Waals surface area contributed by atoms with Crippen molar-refractivity contribution in [1.82, 2.24) is 0 Å². The number of esters is 1. The van der Waals surface area contributed by atoms with Gasteiger partial charge in [-0.3, -0.25) is 19.3 Å². The monoisotopic (exact) mass is 397 g/mol. The number of halogens is 1. The average Bonchev–Trinajstić information content (AvgIpc) is 2.95. The zero-order valence-corrected chi connectivity index (χ0v) is 16.0. The largest absolute Gasteiger partial charge is 0.426 e. The molecule has 28 heavy (non-hydrogen) atoms. The maximum absolute atomic E-state index is 12.7. The Hall–Kier alpha value is -2.66. The molecule has 1 aliphatic heterocycles. The maximum Gasteiger partial charge on any atom is 0.315 e. The van der Waals surface area contributed by atoms with Crippen molar-refractivity contribution in [2.24, 2.45) is 11.8 Å². The molecule has 2 fully saturated rings. The van der Waals surface area contributed by atoms with Gasteiger partial charge in [0, 0.05) is 5.02 Å². The van der Waals surface area contributed by atoms with Crippen molar-refractivity contribution in [3.05, 3.63) is 59.1 Å². The topological polar surface area (TPSA) is 63.7 Å². The van der Waals surface area contributed by atoms with Crippen LogP contribution in [-0.4, -0.2) is 17.8 Å². The molecule has 2 aromatic rings. The Labute approximate surface area is 168 Å². The van der Waals surface area contributed by atoms with Gasteiger partial charge in [0.05, 0.1) is 23.9 Å². The summed E-state index contributed by atoms with van der Waals surface area (Å²) in [6.45, 7) is 0. The van der Waals surface area contributed by atoms with Crippen LogP contribution in [0.3, 0.4) is 0 Å². The van der Waals surface area contributed by atoms with Crippen LogP contribution in [0.5, 0.6) is 5.75 Å². The summed E-state index contributed by atoms with van der Waals surface area (Å²) in [7, 11) is 0. The third-order valence-electron chi connectivity index (χ3n) is 5.43. The molecule has 0 bridgehead atoms. The molecule has 144 valence electrons. The predicted molar refractivity (Wildman–Crippen MR) is 105 cm³/mol. The molecule has 0 N–H and O–H groups in total. The zero-order valence-electron chi connectivity index (χ0n) is 15.3. The van der Waals surface area contributed by atoms with Crippen LogP contribution in [0.15, 0.2) is 48.5 Å². The van der Waals surface area contributed by atoms with E-state index in [4.69, 9.17) is 16.3 Å². The highest BCUT2D eigenvalue weighted by Crippen LogP contribution is 2.40. The average molecular weight is 398 g/mol. The molecule has 2 aliphatic rings. The molecule has 1 aliphatic carbocycles. The Morgan fingerprint density at radius 3 is 2.07 bits per heavy atom. The second-order valence-corrected chi connectivity index (χ2v) is 7.72. The van der Waals surface area contributed by atoms with E-state index in [2.05, 4.69) is 0 Å². The van der Waals surface area contributed by atoms with Gasteiger partial charge >= 0.3 is 5.97 Å². The number of hydrogen-bond donors (Lipinski definition) is 0. The Morgan fingerprint density at radius 2 is 1.50 bits per heavy atom. The van der Waals surface area contributed by atoms with E-state index in [0.29, 0.717) is 16.5 Å². The van der Waals surface area contributed by atoms with Crippen LogP contribution in [-0.2, 0) is 20.8 Å². The summed E-state index contributed by atoms with van der Waals surface area (Å²) in [5.74, 6) is -0.603. The van der Waals surface area contributed by atoms with Crippen molar-refractivity contribution in [2.75, 3.05) is 4.90 Å². The van der Waals surface area contributed by atoms with Crippen molar-refractivity contribution in [2.45, 2.75) is 32.1 Å². The van der Waals surface area contributed by atoms with Gasteiger partial charge in [-0.15, -0.1) is 0 Å². The molecule has 1 saturated heterocycles. The lowest BCUT2D eigenvalue weighted by Gasteiger charge is -2.19. The first-order valence-corrected chi connectivity index (χ1v) is 9.84. The molecule has 4 rings (SSSR count). The first kappa shape index (κ1) is 18.7. The van der Waals surface area contributed by atoms with Crippen molar-refractivity contribution in [1.29, 1.82) is 0 Å². The van der Waals surface area contributed by atoms with E-state index in [1.165, 1.54) is 4.90 Å². The van der Waals surface area contributed by atoms with Crippen LogP contribution >= 0.6 is 11.6 Å². The number of ether oxygens (including phenoxy) is 1. The number of carbonyl (C=O) groups is 3. The van der Waals surface area contributed by atoms with Gasteiger partial charge in [0.15, 0.2) is 0 Å². The predicted octanol–water partition coefficient (Wildman–Crippen LogP) is 4.17. The third-order valence-corrected chi connectivity index (χ3v) is 5.68. The minimum atomic E-state index is -0.394. The fraction of sp³-hybridized carbons (Fsp3) is 0.318. The van der Waals surface area contributed by atoms with E-state index in [1.807, 2.05) is 0 Å². The number of fused-ring (bicyclic) bond motifs is 1. The van der Waals surface area contributed by atoms with E-state index in [-0.39, 0.29) is 30.1 Å². The van der Waals surface area contributed by atoms with Crippen LogP contribution in [0, 0.1) is 11.8 Å². The quantitative estimate of drug-likeness (QED) is 0.441. The molecule has 1 heterocycles. The summed E-state index contributed by atoms with van der Waals surface area (Å²) in [5, 5.41) is 0.610.